The average molecular weight is 100 g/mol. The van der Waals surface area contributed by atoms with Crippen LogP contribution in [0.2, 0.25) is 0 Å². The molecule has 0 aliphatic carbocycles. The summed E-state index contributed by atoms with van der Waals surface area (Å²) in [7, 11) is 1.84. The van der Waals surface area contributed by atoms with Gasteiger partial charge < -0.3 is 0 Å². The van der Waals surface area contributed by atoms with E-state index in [0.29, 0.717) is 0 Å². The van der Waals surface area contributed by atoms with Crippen LogP contribution in [0.4, 0.5) is 0 Å². The summed E-state index contributed by atoms with van der Waals surface area (Å²) >= 11 is 0. The van der Waals surface area contributed by atoms with Gasteiger partial charge >= 0.3 is 0 Å². The van der Waals surface area contributed by atoms with Gasteiger partial charge in [-0.3, -0.25) is 5.84 Å². The van der Waals surface area contributed by atoms with Crippen molar-refractivity contribution < 1.29 is 0 Å². The van der Waals surface area contributed by atoms with E-state index in [4.69, 9.17) is 5.84 Å². The second-order valence-electron chi connectivity index (χ2n) is 1.56. The molecule has 2 heteroatoms. The highest BCUT2D eigenvalue weighted by Gasteiger charge is 1.81. The summed E-state index contributed by atoms with van der Waals surface area (Å²) in [5.41, 5.74) is 0. The predicted octanol–water partition coefficient (Wildman–Crippen LogP) is 0.368. The fourth-order valence-corrected chi connectivity index (χ4v) is 0.295. The molecule has 0 aromatic carbocycles. The molecule has 0 aliphatic rings. The van der Waals surface area contributed by atoms with Gasteiger partial charge in [-0.25, -0.2) is 5.01 Å². The molecule has 7 heavy (non-hydrogen) atoms. The number of hydrogen-bond donors (Lipinski definition) is 1. The van der Waals surface area contributed by atoms with E-state index in [1.165, 1.54) is 0 Å². The van der Waals surface area contributed by atoms with Gasteiger partial charge in [-0.1, -0.05) is 6.08 Å². The fourth-order valence-electron chi connectivity index (χ4n) is 0.295. The smallest absolute Gasteiger partial charge is 0.0159 e. The van der Waals surface area contributed by atoms with Crippen LogP contribution < -0.4 is 5.84 Å². The largest absolute Gasteiger partial charge is 0.269 e. The van der Waals surface area contributed by atoms with Gasteiger partial charge in [-0.2, -0.15) is 0 Å². The molecule has 0 unspecified atom stereocenters. The van der Waals surface area contributed by atoms with Gasteiger partial charge in [0.05, 0.1) is 0 Å². The van der Waals surface area contributed by atoms with E-state index >= 15 is 0 Å². The lowest BCUT2D eigenvalue weighted by atomic mass is 10.4. The highest BCUT2D eigenvalue weighted by atomic mass is 15.4. The standard InChI is InChI=1S/C5H12N2/c1-3-4-5-7(2)6/h3H,1,4-6H2,2H3. The zero-order chi connectivity index (χ0) is 5.70. The molecular weight excluding hydrogens is 88.1 g/mol. The first-order valence-corrected chi connectivity index (χ1v) is 2.34. The van der Waals surface area contributed by atoms with Crippen molar-refractivity contribution in [2.24, 2.45) is 5.84 Å². The Morgan fingerprint density at radius 3 is 2.57 bits per heavy atom. The maximum atomic E-state index is 5.26. The summed E-state index contributed by atoms with van der Waals surface area (Å²) in [6, 6.07) is 0. The summed E-state index contributed by atoms with van der Waals surface area (Å²) in [5, 5.41) is 1.64. The molecule has 42 valence electrons. The van der Waals surface area contributed by atoms with Gasteiger partial charge in [0.1, 0.15) is 0 Å². The zero-order valence-corrected chi connectivity index (χ0v) is 4.72. The minimum Gasteiger partial charge on any atom is -0.269 e. The summed E-state index contributed by atoms with van der Waals surface area (Å²) in [6.07, 6.45) is 2.82. The van der Waals surface area contributed by atoms with Crippen molar-refractivity contribution >= 4 is 0 Å². The highest BCUT2D eigenvalue weighted by Crippen LogP contribution is 1.77. The van der Waals surface area contributed by atoms with Crippen LogP contribution >= 0.6 is 0 Å². The van der Waals surface area contributed by atoms with E-state index in [-0.39, 0.29) is 0 Å². The minimum atomic E-state index is 0.892. The maximum absolute atomic E-state index is 5.26. The SMILES string of the molecule is C=CCCN(C)N. The zero-order valence-electron chi connectivity index (χ0n) is 4.72. The summed E-state index contributed by atoms with van der Waals surface area (Å²) in [4.78, 5) is 0. The number of rotatable bonds is 3. The second-order valence-corrected chi connectivity index (χ2v) is 1.56. The molecule has 0 rings (SSSR count). The highest BCUT2D eigenvalue weighted by molar-refractivity contribution is 4.66. The lowest BCUT2D eigenvalue weighted by Crippen LogP contribution is -2.26. The summed E-state index contributed by atoms with van der Waals surface area (Å²) < 4.78 is 0. The molecular formula is C5H12N2. The molecule has 2 nitrogen and oxygen atoms in total. The third-order valence-electron chi connectivity index (χ3n) is 0.686. The Morgan fingerprint density at radius 1 is 1.86 bits per heavy atom. The Bertz CT molecular complexity index is 50.0. The van der Waals surface area contributed by atoms with Gasteiger partial charge in [-0.15, -0.1) is 6.58 Å². The van der Waals surface area contributed by atoms with Crippen molar-refractivity contribution in [3.05, 3.63) is 12.7 Å². The molecule has 0 aromatic rings. The Balaban J connectivity index is 2.81. The van der Waals surface area contributed by atoms with E-state index in [1.54, 1.807) is 5.01 Å². The topological polar surface area (TPSA) is 29.3 Å². The predicted molar refractivity (Wildman–Crippen MR) is 31.6 cm³/mol. The molecule has 0 bridgehead atoms. The fraction of sp³-hybridized carbons (Fsp3) is 0.600. The molecule has 0 radical (unpaired) electrons. The minimum absolute atomic E-state index is 0.892. The van der Waals surface area contributed by atoms with Crippen LogP contribution in [-0.2, 0) is 0 Å². The van der Waals surface area contributed by atoms with Gasteiger partial charge in [0.15, 0.2) is 0 Å². The third kappa shape index (κ3) is 5.66. The van der Waals surface area contributed by atoms with Gasteiger partial charge in [-0.05, 0) is 6.42 Å². The molecule has 2 N–H and O–H groups in total. The molecule has 0 fully saturated rings. The van der Waals surface area contributed by atoms with E-state index in [1.807, 2.05) is 13.1 Å². The number of hydrogen-bond acceptors (Lipinski definition) is 2. The van der Waals surface area contributed by atoms with E-state index < -0.39 is 0 Å². The van der Waals surface area contributed by atoms with Crippen LogP contribution in [0.25, 0.3) is 0 Å². The molecule has 0 spiro atoms. The molecule has 0 saturated carbocycles. The van der Waals surface area contributed by atoms with Crippen molar-refractivity contribution in [3.8, 4) is 0 Å². The van der Waals surface area contributed by atoms with Crippen molar-refractivity contribution in [3.63, 3.8) is 0 Å². The Kier molecular flexibility index (Phi) is 3.65. The maximum Gasteiger partial charge on any atom is 0.0159 e. The van der Waals surface area contributed by atoms with Crippen LogP contribution in [0, 0.1) is 0 Å². The number of nitrogens with two attached hydrogens (primary N) is 1. The van der Waals surface area contributed by atoms with Crippen molar-refractivity contribution in [2.75, 3.05) is 13.6 Å². The first-order valence-electron chi connectivity index (χ1n) is 2.34. The molecule has 0 atom stereocenters. The normalized spacial score (nSPS) is 9.57. The van der Waals surface area contributed by atoms with Crippen LogP contribution in [0.15, 0.2) is 12.7 Å². The van der Waals surface area contributed by atoms with Crippen molar-refractivity contribution in [1.29, 1.82) is 0 Å². The average Bonchev–Trinajstić information content (AvgIpc) is 1.61. The van der Waals surface area contributed by atoms with Gasteiger partial charge in [0, 0.05) is 13.6 Å². The van der Waals surface area contributed by atoms with E-state index in [9.17, 15) is 0 Å². The molecule has 0 amide bonds. The number of nitrogens with zero attached hydrogens (tertiary/aromatic N) is 1. The summed E-state index contributed by atoms with van der Waals surface area (Å²) in [5.74, 6) is 5.26. The van der Waals surface area contributed by atoms with E-state index in [0.717, 1.165) is 13.0 Å². The Hall–Kier alpha value is -0.340. The Morgan fingerprint density at radius 2 is 2.43 bits per heavy atom. The van der Waals surface area contributed by atoms with E-state index in [2.05, 4.69) is 6.58 Å². The lowest BCUT2D eigenvalue weighted by molar-refractivity contribution is 0.356. The molecule has 0 aliphatic heterocycles. The van der Waals surface area contributed by atoms with Crippen LogP contribution in [-0.4, -0.2) is 18.6 Å². The van der Waals surface area contributed by atoms with Crippen molar-refractivity contribution in [2.45, 2.75) is 6.42 Å². The quantitative estimate of drug-likeness (QED) is 0.315. The third-order valence-corrected chi connectivity index (χ3v) is 0.686. The van der Waals surface area contributed by atoms with Crippen LogP contribution in [0.3, 0.4) is 0 Å². The van der Waals surface area contributed by atoms with Crippen LogP contribution in [0.1, 0.15) is 6.42 Å². The lowest BCUT2D eigenvalue weighted by Gasteiger charge is -2.04. The van der Waals surface area contributed by atoms with Gasteiger partial charge in [0.2, 0.25) is 0 Å². The van der Waals surface area contributed by atoms with Crippen molar-refractivity contribution in [1.82, 2.24) is 5.01 Å². The summed E-state index contributed by atoms with van der Waals surface area (Å²) in [6.45, 7) is 4.44. The second kappa shape index (κ2) is 3.84. The van der Waals surface area contributed by atoms with Gasteiger partial charge in [0.25, 0.3) is 0 Å². The first-order chi connectivity index (χ1) is 3.27. The molecule has 0 aromatic heterocycles. The van der Waals surface area contributed by atoms with Crippen LogP contribution in [0.5, 0.6) is 0 Å². The Labute approximate surface area is 44.6 Å². The first kappa shape index (κ1) is 6.66. The number of hydrazine groups is 1. The molecule has 0 heterocycles. The monoisotopic (exact) mass is 100 g/mol. The molecule has 0 saturated heterocycles.